The number of unbranched alkanes of at least 4 members (excludes halogenated alkanes) is 1. The second-order valence-electron chi connectivity index (χ2n) is 7.07. The summed E-state index contributed by atoms with van der Waals surface area (Å²) in [5.74, 6) is 0.631. The average Bonchev–Trinajstić information content (AvgIpc) is 2.75. The fourth-order valence-corrected chi connectivity index (χ4v) is 4.23. The molecule has 172 valence electrons. The summed E-state index contributed by atoms with van der Waals surface area (Å²) in [6.45, 7) is 7.93. The molecule has 0 aliphatic carbocycles. The molecule has 2 aromatic rings. The predicted molar refractivity (Wildman–Crippen MR) is 116 cm³/mol. The molecule has 5 nitrogen and oxygen atoms in total. The fraction of sp³-hybridized carbons (Fsp3) is 0.455. The molecule has 0 aliphatic rings. The van der Waals surface area contributed by atoms with Crippen LogP contribution in [0.1, 0.15) is 32.3 Å². The lowest BCUT2D eigenvalue weighted by Crippen LogP contribution is -2.26. The second-order valence-corrected chi connectivity index (χ2v) is 9.04. The number of hydrogen-bond acceptors (Lipinski definition) is 4. The normalized spacial score (nSPS) is 12.2. The molecule has 0 saturated heterocycles. The maximum Gasteiger partial charge on any atom is 0.416 e. The highest BCUT2D eigenvalue weighted by Gasteiger charge is 2.31. The lowest BCUT2D eigenvalue weighted by atomic mass is 10.2. The number of rotatable bonds is 11. The van der Waals surface area contributed by atoms with Gasteiger partial charge in [0.2, 0.25) is 0 Å². The number of halogens is 3. The Hall–Kier alpha value is -2.26. The monoisotopic (exact) mass is 458 g/mol. The molecule has 0 saturated carbocycles. The molecule has 0 unspecified atom stereocenters. The minimum Gasteiger partial charge on any atom is -0.494 e. The number of anilines is 1. The van der Waals surface area contributed by atoms with E-state index in [1.165, 1.54) is 7.05 Å². The van der Waals surface area contributed by atoms with Gasteiger partial charge in [-0.1, -0.05) is 13.8 Å². The van der Waals surface area contributed by atoms with Crippen molar-refractivity contribution < 1.29 is 26.3 Å². The number of sulfonamides is 1. The van der Waals surface area contributed by atoms with E-state index >= 15 is 0 Å². The van der Waals surface area contributed by atoms with Crippen LogP contribution in [0.2, 0.25) is 0 Å². The number of alkyl halides is 3. The van der Waals surface area contributed by atoms with E-state index in [1.807, 2.05) is 0 Å². The number of benzene rings is 2. The molecular formula is C22H29F3N2O3S. The largest absolute Gasteiger partial charge is 0.494 e. The summed E-state index contributed by atoms with van der Waals surface area (Å²) < 4.78 is 70.3. The summed E-state index contributed by atoms with van der Waals surface area (Å²) >= 11 is 0. The maximum atomic E-state index is 12.7. The van der Waals surface area contributed by atoms with E-state index in [2.05, 4.69) is 18.7 Å². The molecule has 0 aromatic heterocycles. The zero-order valence-electron chi connectivity index (χ0n) is 18.0. The van der Waals surface area contributed by atoms with E-state index in [0.29, 0.717) is 18.0 Å². The first kappa shape index (κ1) is 25.0. The molecule has 31 heavy (non-hydrogen) atoms. The van der Waals surface area contributed by atoms with Crippen molar-refractivity contribution in [3.05, 3.63) is 54.1 Å². The van der Waals surface area contributed by atoms with Crippen molar-refractivity contribution in [1.82, 2.24) is 4.90 Å². The Bertz CT molecular complexity index is 911. The highest BCUT2D eigenvalue weighted by atomic mass is 32.2. The molecule has 0 atom stereocenters. The quantitative estimate of drug-likeness (QED) is 0.443. The summed E-state index contributed by atoms with van der Waals surface area (Å²) in [4.78, 5) is 2.14. The van der Waals surface area contributed by atoms with Crippen molar-refractivity contribution in [3.8, 4) is 5.75 Å². The lowest BCUT2D eigenvalue weighted by molar-refractivity contribution is -0.137. The number of hydrogen-bond donors (Lipinski definition) is 0. The third-order valence-electron chi connectivity index (χ3n) is 5.07. The van der Waals surface area contributed by atoms with Crippen molar-refractivity contribution in [2.45, 2.75) is 37.8 Å². The van der Waals surface area contributed by atoms with Crippen LogP contribution in [0.15, 0.2) is 53.4 Å². The van der Waals surface area contributed by atoms with Crippen LogP contribution in [0.5, 0.6) is 5.75 Å². The van der Waals surface area contributed by atoms with Crippen LogP contribution in [-0.4, -0.2) is 46.6 Å². The average molecular weight is 459 g/mol. The van der Waals surface area contributed by atoms with Crippen molar-refractivity contribution in [1.29, 1.82) is 0 Å². The minimum absolute atomic E-state index is 0.212. The van der Waals surface area contributed by atoms with Gasteiger partial charge >= 0.3 is 6.18 Å². The topological polar surface area (TPSA) is 49.9 Å². The zero-order chi connectivity index (χ0) is 23.1. The minimum atomic E-state index is -4.52. The van der Waals surface area contributed by atoms with E-state index in [1.54, 1.807) is 24.3 Å². The summed E-state index contributed by atoms with van der Waals surface area (Å²) in [5.41, 5.74) is -0.513. The van der Waals surface area contributed by atoms with Gasteiger partial charge in [-0.25, -0.2) is 8.42 Å². The van der Waals surface area contributed by atoms with Crippen LogP contribution in [0.25, 0.3) is 0 Å². The van der Waals surface area contributed by atoms with Crippen LogP contribution < -0.4 is 9.04 Å². The molecule has 0 aliphatic heterocycles. The third-order valence-corrected chi connectivity index (χ3v) is 6.87. The molecule has 0 radical (unpaired) electrons. The van der Waals surface area contributed by atoms with Crippen molar-refractivity contribution in [3.63, 3.8) is 0 Å². The third kappa shape index (κ3) is 6.87. The first-order valence-corrected chi connectivity index (χ1v) is 11.6. The molecule has 2 aromatic carbocycles. The van der Waals surface area contributed by atoms with E-state index in [4.69, 9.17) is 4.74 Å². The Morgan fingerprint density at radius 2 is 1.48 bits per heavy atom. The Kier molecular flexibility index (Phi) is 8.76. The number of nitrogens with zero attached hydrogens (tertiary/aromatic N) is 2. The highest BCUT2D eigenvalue weighted by Crippen LogP contribution is 2.31. The Morgan fingerprint density at radius 1 is 0.903 bits per heavy atom. The van der Waals surface area contributed by atoms with Crippen LogP contribution >= 0.6 is 0 Å². The van der Waals surface area contributed by atoms with Crippen LogP contribution in [0.4, 0.5) is 18.9 Å². The van der Waals surface area contributed by atoms with E-state index in [0.717, 1.165) is 61.0 Å². The van der Waals surface area contributed by atoms with Gasteiger partial charge in [0.25, 0.3) is 10.0 Å². The second kappa shape index (κ2) is 10.9. The van der Waals surface area contributed by atoms with Gasteiger partial charge in [-0.3, -0.25) is 4.31 Å². The summed E-state index contributed by atoms with van der Waals surface area (Å²) in [7, 11) is -2.63. The summed E-state index contributed by atoms with van der Waals surface area (Å²) in [5, 5.41) is 0. The summed E-state index contributed by atoms with van der Waals surface area (Å²) in [6, 6.07) is 10.0. The van der Waals surface area contributed by atoms with Crippen LogP contribution in [0, 0.1) is 0 Å². The maximum absolute atomic E-state index is 12.7. The van der Waals surface area contributed by atoms with Crippen molar-refractivity contribution in [2.24, 2.45) is 0 Å². The molecular weight excluding hydrogens is 429 g/mol. The van der Waals surface area contributed by atoms with Gasteiger partial charge in [0, 0.05) is 7.05 Å². The van der Waals surface area contributed by atoms with Gasteiger partial charge in [-0.2, -0.15) is 13.2 Å². The van der Waals surface area contributed by atoms with E-state index in [-0.39, 0.29) is 4.90 Å². The van der Waals surface area contributed by atoms with Gasteiger partial charge < -0.3 is 9.64 Å². The standard InChI is InChI=1S/C22H29F3N2O3S/c1-4-27(5-2)16-6-7-17-30-20-12-10-19(11-13-20)26(3)31(28,29)21-14-8-18(9-15-21)22(23,24)25/h8-15H,4-7,16-17H2,1-3H3. The first-order valence-electron chi connectivity index (χ1n) is 10.2. The van der Waals surface area contributed by atoms with E-state index in [9.17, 15) is 21.6 Å². The van der Waals surface area contributed by atoms with Crippen molar-refractivity contribution >= 4 is 15.7 Å². The van der Waals surface area contributed by atoms with Crippen LogP contribution in [0.3, 0.4) is 0 Å². The molecule has 0 bridgehead atoms. The summed E-state index contributed by atoms with van der Waals surface area (Å²) in [6.07, 6.45) is -2.57. The molecule has 0 heterocycles. The zero-order valence-corrected chi connectivity index (χ0v) is 18.8. The van der Waals surface area contributed by atoms with Gasteiger partial charge in [0.1, 0.15) is 5.75 Å². The van der Waals surface area contributed by atoms with Gasteiger partial charge in [-0.05, 0) is 81.0 Å². The smallest absolute Gasteiger partial charge is 0.416 e. The fourth-order valence-electron chi connectivity index (χ4n) is 3.03. The van der Waals surface area contributed by atoms with Gasteiger partial charge in [0.05, 0.1) is 22.8 Å². The lowest BCUT2D eigenvalue weighted by Gasteiger charge is -2.20. The molecule has 9 heteroatoms. The highest BCUT2D eigenvalue weighted by molar-refractivity contribution is 7.92. The SMILES string of the molecule is CCN(CC)CCCCOc1ccc(N(C)S(=O)(=O)c2ccc(C(F)(F)F)cc2)cc1. The van der Waals surface area contributed by atoms with Gasteiger partial charge in [0.15, 0.2) is 0 Å². The molecule has 0 fully saturated rings. The molecule has 0 N–H and O–H groups in total. The molecule has 0 spiro atoms. The molecule has 2 rings (SSSR count). The number of ether oxygens (including phenoxy) is 1. The van der Waals surface area contributed by atoms with E-state index < -0.39 is 21.8 Å². The Labute approximate surface area is 182 Å². The Morgan fingerprint density at radius 3 is 2.00 bits per heavy atom. The van der Waals surface area contributed by atoms with Crippen LogP contribution in [-0.2, 0) is 16.2 Å². The first-order chi connectivity index (χ1) is 14.6. The Balaban J connectivity index is 1.95. The predicted octanol–water partition coefficient (Wildman–Crippen LogP) is 5.03. The van der Waals surface area contributed by atoms with Crippen molar-refractivity contribution in [2.75, 3.05) is 37.6 Å². The molecule has 0 amide bonds. The van der Waals surface area contributed by atoms with Gasteiger partial charge in [-0.15, -0.1) is 0 Å².